The number of rotatable bonds is 1. The maximum absolute atomic E-state index is 12.3. The number of aromatic nitrogens is 1. The van der Waals surface area contributed by atoms with Gasteiger partial charge in [0.05, 0.1) is 5.69 Å². The second-order valence-electron chi connectivity index (χ2n) is 1.77. The minimum absolute atomic E-state index is 0.475. The summed E-state index contributed by atoms with van der Waals surface area (Å²) >= 11 is 0. The van der Waals surface area contributed by atoms with Crippen molar-refractivity contribution in [3.63, 3.8) is 0 Å². The highest BCUT2D eigenvalue weighted by molar-refractivity contribution is 5.76. The molecule has 2 nitrogen and oxygen atoms in total. The van der Waals surface area contributed by atoms with Gasteiger partial charge in [-0.15, -0.1) is 0 Å². The molecule has 0 aliphatic heterocycles. The Kier molecular flexibility index (Phi) is 2.10. The fourth-order valence-electron chi connectivity index (χ4n) is 0.628. The molecule has 0 amide bonds. The van der Waals surface area contributed by atoms with Crippen LogP contribution in [0.3, 0.4) is 0 Å². The van der Waals surface area contributed by atoms with Crippen LogP contribution in [0.15, 0.2) is 23.2 Å². The van der Waals surface area contributed by atoms with E-state index in [9.17, 15) is 4.39 Å². The van der Waals surface area contributed by atoms with Crippen LogP contribution in [0.1, 0.15) is 5.69 Å². The van der Waals surface area contributed by atoms with Crippen LogP contribution in [0.25, 0.3) is 0 Å². The van der Waals surface area contributed by atoms with Crippen molar-refractivity contribution in [1.29, 1.82) is 0 Å². The van der Waals surface area contributed by atoms with Gasteiger partial charge in [0.2, 0.25) is 5.95 Å². The first-order chi connectivity index (χ1) is 4.83. The zero-order valence-electron chi connectivity index (χ0n) is 5.58. The van der Waals surface area contributed by atoms with E-state index in [1.165, 1.54) is 12.3 Å². The largest absolute Gasteiger partial charge is 0.294 e. The quantitative estimate of drug-likeness (QED) is 0.423. The molecule has 1 aromatic heterocycles. The van der Waals surface area contributed by atoms with Gasteiger partial charge in [-0.2, -0.15) is 4.39 Å². The highest BCUT2D eigenvalue weighted by atomic mass is 19.1. The Labute approximate surface area is 58.4 Å². The second kappa shape index (κ2) is 3.06. The van der Waals surface area contributed by atoms with Crippen molar-refractivity contribution >= 4 is 6.21 Å². The summed E-state index contributed by atoms with van der Waals surface area (Å²) in [6.45, 7) is 0. The number of nitrogens with zero attached hydrogens (tertiary/aromatic N) is 2. The molecule has 0 atom stereocenters. The van der Waals surface area contributed by atoms with Crippen LogP contribution in [-0.4, -0.2) is 18.2 Å². The molecule has 0 aromatic carbocycles. The van der Waals surface area contributed by atoms with Gasteiger partial charge in [-0.3, -0.25) is 4.99 Å². The highest BCUT2D eigenvalue weighted by Crippen LogP contribution is 1.93. The minimum Gasteiger partial charge on any atom is -0.294 e. The molecule has 0 saturated heterocycles. The maximum Gasteiger partial charge on any atom is 0.213 e. The number of hydrogen-bond donors (Lipinski definition) is 0. The third-order valence-corrected chi connectivity index (χ3v) is 0.998. The zero-order chi connectivity index (χ0) is 7.40. The molecule has 0 radical (unpaired) electrons. The Balaban J connectivity index is 2.95. The van der Waals surface area contributed by atoms with Crippen LogP contribution in [0.2, 0.25) is 0 Å². The van der Waals surface area contributed by atoms with Crippen molar-refractivity contribution in [2.24, 2.45) is 4.99 Å². The van der Waals surface area contributed by atoms with Gasteiger partial charge in [-0.1, -0.05) is 6.07 Å². The summed E-state index contributed by atoms with van der Waals surface area (Å²) < 4.78 is 12.3. The molecule has 0 saturated carbocycles. The van der Waals surface area contributed by atoms with E-state index in [1.807, 2.05) is 0 Å². The average Bonchev–Trinajstić information content (AvgIpc) is 1.88. The molecular weight excluding hydrogens is 131 g/mol. The van der Waals surface area contributed by atoms with Crippen LogP contribution in [0.5, 0.6) is 0 Å². The van der Waals surface area contributed by atoms with Crippen LogP contribution >= 0.6 is 0 Å². The third-order valence-electron chi connectivity index (χ3n) is 0.998. The number of hydrogen-bond acceptors (Lipinski definition) is 2. The van der Waals surface area contributed by atoms with Crippen molar-refractivity contribution in [2.45, 2.75) is 0 Å². The second-order valence-corrected chi connectivity index (χ2v) is 1.77. The molecule has 0 fully saturated rings. The van der Waals surface area contributed by atoms with E-state index in [1.54, 1.807) is 19.2 Å². The molecule has 0 unspecified atom stereocenters. The number of pyridine rings is 1. The Morgan fingerprint density at radius 2 is 2.40 bits per heavy atom. The summed E-state index contributed by atoms with van der Waals surface area (Å²) in [7, 11) is 1.62. The minimum atomic E-state index is -0.475. The lowest BCUT2D eigenvalue weighted by molar-refractivity contribution is 0.583. The van der Waals surface area contributed by atoms with E-state index in [4.69, 9.17) is 0 Å². The van der Waals surface area contributed by atoms with Crippen molar-refractivity contribution in [3.8, 4) is 0 Å². The molecule has 3 heteroatoms. The van der Waals surface area contributed by atoms with Gasteiger partial charge in [0.25, 0.3) is 0 Å². The SMILES string of the molecule is CN=Cc1cccc(F)n1. The summed E-state index contributed by atoms with van der Waals surface area (Å²) in [5, 5.41) is 0. The lowest BCUT2D eigenvalue weighted by atomic mass is 10.4. The lowest BCUT2D eigenvalue weighted by Gasteiger charge is -1.88. The predicted octanol–water partition coefficient (Wildman–Crippen LogP) is 1.27. The molecule has 10 heavy (non-hydrogen) atoms. The monoisotopic (exact) mass is 138 g/mol. The van der Waals surface area contributed by atoms with Gasteiger partial charge >= 0.3 is 0 Å². The molecule has 0 spiro atoms. The number of aliphatic imine (C=N–C) groups is 1. The van der Waals surface area contributed by atoms with E-state index in [2.05, 4.69) is 9.98 Å². The summed E-state index contributed by atoms with van der Waals surface area (Å²) in [6, 6.07) is 4.59. The molecular formula is C7H7FN2. The molecule has 1 heterocycles. The molecule has 0 aliphatic rings. The first kappa shape index (κ1) is 6.86. The Hall–Kier alpha value is -1.25. The first-order valence-corrected chi connectivity index (χ1v) is 2.87. The van der Waals surface area contributed by atoms with E-state index in [0.29, 0.717) is 5.69 Å². The Morgan fingerprint density at radius 3 is 3.00 bits per heavy atom. The molecule has 0 N–H and O–H groups in total. The van der Waals surface area contributed by atoms with Crippen LogP contribution < -0.4 is 0 Å². The van der Waals surface area contributed by atoms with Gasteiger partial charge in [0.1, 0.15) is 0 Å². The van der Waals surface area contributed by atoms with Gasteiger partial charge in [0.15, 0.2) is 0 Å². The standard InChI is InChI=1S/C7H7FN2/c1-9-5-6-3-2-4-7(8)10-6/h2-5H,1H3. The summed E-state index contributed by atoms with van der Waals surface area (Å²) in [4.78, 5) is 7.24. The van der Waals surface area contributed by atoms with Crippen molar-refractivity contribution in [2.75, 3.05) is 7.05 Å². The highest BCUT2D eigenvalue weighted by Gasteiger charge is 1.90. The number of halogens is 1. The molecule has 0 bridgehead atoms. The molecule has 1 aromatic rings. The third kappa shape index (κ3) is 1.62. The summed E-state index contributed by atoms with van der Waals surface area (Å²) in [6.07, 6.45) is 1.50. The van der Waals surface area contributed by atoms with E-state index < -0.39 is 5.95 Å². The van der Waals surface area contributed by atoms with Gasteiger partial charge in [-0.05, 0) is 12.1 Å². The average molecular weight is 138 g/mol. The van der Waals surface area contributed by atoms with E-state index >= 15 is 0 Å². The Bertz CT molecular complexity index is 245. The van der Waals surface area contributed by atoms with Crippen LogP contribution in [0, 0.1) is 5.95 Å². The summed E-state index contributed by atoms with van der Waals surface area (Å²) in [5.41, 5.74) is 0.544. The smallest absolute Gasteiger partial charge is 0.213 e. The maximum atomic E-state index is 12.3. The van der Waals surface area contributed by atoms with Crippen LogP contribution in [0.4, 0.5) is 4.39 Å². The van der Waals surface area contributed by atoms with E-state index in [0.717, 1.165) is 0 Å². The van der Waals surface area contributed by atoms with Gasteiger partial charge in [-0.25, -0.2) is 4.98 Å². The lowest BCUT2D eigenvalue weighted by Crippen LogP contribution is -1.89. The first-order valence-electron chi connectivity index (χ1n) is 2.87. The van der Waals surface area contributed by atoms with Crippen molar-refractivity contribution in [3.05, 3.63) is 29.8 Å². The molecule has 1 rings (SSSR count). The molecule has 52 valence electrons. The molecule has 0 aliphatic carbocycles. The van der Waals surface area contributed by atoms with Crippen molar-refractivity contribution < 1.29 is 4.39 Å². The zero-order valence-corrected chi connectivity index (χ0v) is 5.58. The van der Waals surface area contributed by atoms with Crippen molar-refractivity contribution in [1.82, 2.24) is 4.98 Å². The Morgan fingerprint density at radius 1 is 1.60 bits per heavy atom. The fraction of sp³-hybridized carbons (Fsp3) is 0.143. The predicted molar refractivity (Wildman–Crippen MR) is 37.7 cm³/mol. The fourth-order valence-corrected chi connectivity index (χ4v) is 0.628. The van der Waals surface area contributed by atoms with E-state index in [-0.39, 0.29) is 0 Å². The van der Waals surface area contributed by atoms with Gasteiger partial charge in [0, 0.05) is 13.3 Å². The summed E-state index contributed by atoms with van der Waals surface area (Å²) in [5.74, 6) is -0.475. The topological polar surface area (TPSA) is 25.2 Å². The van der Waals surface area contributed by atoms with Crippen LogP contribution in [-0.2, 0) is 0 Å². The van der Waals surface area contributed by atoms with Gasteiger partial charge < -0.3 is 0 Å². The normalized spacial score (nSPS) is 10.6.